The minimum atomic E-state index is -0.176. The molecule has 3 aromatic rings. The number of nitrogens with zero attached hydrogens (tertiary/aromatic N) is 3. The maximum Gasteiger partial charge on any atom is 0.234 e. The number of anilines is 1. The Morgan fingerprint density at radius 2 is 2.04 bits per heavy atom. The molecular formula is C20H22N4O3S. The van der Waals surface area contributed by atoms with E-state index in [0.717, 1.165) is 17.1 Å². The average Bonchev–Trinajstić information content (AvgIpc) is 3.25. The van der Waals surface area contributed by atoms with Gasteiger partial charge in [-0.15, -0.1) is 10.2 Å². The molecule has 0 radical (unpaired) electrons. The molecule has 0 saturated heterocycles. The fraction of sp³-hybridized carbons (Fsp3) is 0.300. The van der Waals surface area contributed by atoms with Gasteiger partial charge < -0.3 is 9.73 Å². The standard InChI is InChI=1S/C20H22N4O3S/c1-12(2)24-19(17-8-9-27-14(17)4)22-23-20(24)28-11-18(26)21-16-7-5-6-15(10-16)13(3)25/h5-10,12H,11H2,1-4H3,(H,21,26). The molecule has 3 rings (SSSR count). The van der Waals surface area contributed by atoms with Gasteiger partial charge in [-0.05, 0) is 45.9 Å². The molecular weight excluding hydrogens is 376 g/mol. The Hall–Kier alpha value is -2.87. The number of benzene rings is 1. The van der Waals surface area contributed by atoms with Gasteiger partial charge in [-0.25, -0.2) is 0 Å². The number of Topliss-reactive ketones (excluding diaryl/α,β-unsaturated/α-hetero) is 1. The van der Waals surface area contributed by atoms with Crippen molar-refractivity contribution in [2.75, 3.05) is 11.1 Å². The van der Waals surface area contributed by atoms with Gasteiger partial charge in [0, 0.05) is 17.3 Å². The number of carbonyl (C=O) groups is 2. The van der Waals surface area contributed by atoms with Gasteiger partial charge in [0.2, 0.25) is 5.91 Å². The highest BCUT2D eigenvalue weighted by atomic mass is 32.2. The molecule has 2 heterocycles. The van der Waals surface area contributed by atoms with E-state index in [0.29, 0.717) is 16.4 Å². The SMILES string of the molecule is CC(=O)c1cccc(NC(=O)CSc2nnc(-c3ccoc3C)n2C(C)C)c1. The molecule has 0 spiro atoms. The van der Waals surface area contributed by atoms with Crippen LogP contribution in [0, 0.1) is 6.92 Å². The Kier molecular flexibility index (Phi) is 5.99. The zero-order valence-electron chi connectivity index (χ0n) is 16.2. The lowest BCUT2D eigenvalue weighted by Crippen LogP contribution is -2.15. The van der Waals surface area contributed by atoms with E-state index in [1.807, 2.05) is 31.4 Å². The van der Waals surface area contributed by atoms with E-state index in [-0.39, 0.29) is 23.5 Å². The highest BCUT2D eigenvalue weighted by molar-refractivity contribution is 7.99. The van der Waals surface area contributed by atoms with Gasteiger partial charge in [-0.1, -0.05) is 23.9 Å². The van der Waals surface area contributed by atoms with Crippen LogP contribution in [-0.2, 0) is 4.79 Å². The molecule has 0 atom stereocenters. The van der Waals surface area contributed by atoms with Crippen LogP contribution in [0.15, 0.2) is 46.2 Å². The predicted molar refractivity (Wildman–Crippen MR) is 109 cm³/mol. The van der Waals surface area contributed by atoms with Crippen LogP contribution in [0.25, 0.3) is 11.4 Å². The van der Waals surface area contributed by atoms with Gasteiger partial charge in [0.05, 0.1) is 17.6 Å². The van der Waals surface area contributed by atoms with Crippen LogP contribution < -0.4 is 5.32 Å². The summed E-state index contributed by atoms with van der Waals surface area (Å²) in [7, 11) is 0. The first-order valence-electron chi connectivity index (χ1n) is 8.90. The molecule has 146 valence electrons. The number of aromatic nitrogens is 3. The largest absolute Gasteiger partial charge is 0.469 e. The number of rotatable bonds is 7. The van der Waals surface area contributed by atoms with Gasteiger partial charge in [0.15, 0.2) is 16.8 Å². The second kappa shape index (κ2) is 8.43. The van der Waals surface area contributed by atoms with Crippen LogP contribution in [0.2, 0.25) is 0 Å². The minimum Gasteiger partial charge on any atom is -0.469 e. The number of aryl methyl sites for hydroxylation is 1. The zero-order chi connectivity index (χ0) is 20.3. The third-order valence-corrected chi connectivity index (χ3v) is 5.11. The van der Waals surface area contributed by atoms with Crippen LogP contribution in [0.1, 0.15) is 42.9 Å². The predicted octanol–water partition coefficient (Wildman–Crippen LogP) is 4.36. The number of hydrogen-bond donors (Lipinski definition) is 1. The summed E-state index contributed by atoms with van der Waals surface area (Å²) in [6, 6.07) is 8.87. The van der Waals surface area contributed by atoms with Gasteiger partial charge in [-0.3, -0.25) is 14.2 Å². The van der Waals surface area contributed by atoms with E-state index in [9.17, 15) is 9.59 Å². The molecule has 28 heavy (non-hydrogen) atoms. The first-order chi connectivity index (χ1) is 13.4. The fourth-order valence-corrected chi connectivity index (χ4v) is 3.65. The summed E-state index contributed by atoms with van der Waals surface area (Å²) in [5, 5.41) is 12.0. The highest BCUT2D eigenvalue weighted by Crippen LogP contribution is 2.30. The average molecular weight is 398 g/mol. The molecule has 2 aromatic heterocycles. The summed E-state index contributed by atoms with van der Waals surface area (Å²) in [6.07, 6.45) is 1.62. The Morgan fingerprint density at radius 1 is 1.25 bits per heavy atom. The molecule has 0 bridgehead atoms. The smallest absolute Gasteiger partial charge is 0.234 e. The van der Waals surface area contributed by atoms with Gasteiger partial charge in [0.25, 0.3) is 0 Å². The van der Waals surface area contributed by atoms with Crippen LogP contribution in [0.3, 0.4) is 0 Å². The lowest BCUT2D eigenvalue weighted by Gasteiger charge is -2.13. The minimum absolute atomic E-state index is 0.0439. The molecule has 0 aliphatic rings. The van der Waals surface area contributed by atoms with Gasteiger partial charge in [-0.2, -0.15) is 0 Å². The fourth-order valence-electron chi connectivity index (χ4n) is 2.78. The summed E-state index contributed by atoms with van der Waals surface area (Å²) < 4.78 is 7.37. The van der Waals surface area contributed by atoms with Crippen molar-refractivity contribution in [1.29, 1.82) is 0 Å². The Bertz CT molecular complexity index is 1010. The summed E-state index contributed by atoms with van der Waals surface area (Å²) in [5.74, 6) is 1.45. The van der Waals surface area contributed by atoms with Crippen molar-refractivity contribution < 1.29 is 14.0 Å². The third-order valence-electron chi connectivity index (χ3n) is 4.17. The van der Waals surface area contributed by atoms with E-state index >= 15 is 0 Å². The summed E-state index contributed by atoms with van der Waals surface area (Å²) in [5.41, 5.74) is 2.04. The molecule has 0 aliphatic carbocycles. The summed E-state index contributed by atoms with van der Waals surface area (Å²) >= 11 is 1.32. The quantitative estimate of drug-likeness (QED) is 0.470. The molecule has 7 nitrogen and oxygen atoms in total. The number of thioether (sulfide) groups is 1. The maximum atomic E-state index is 12.3. The number of nitrogens with one attached hydrogen (secondary N) is 1. The summed E-state index contributed by atoms with van der Waals surface area (Å²) in [4.78, 5) is 23.8. The van der Waals surface area contributed by atoms with E-state index in [1.54, 1.807) is 30.5 Å². The van der Waals surface area contributed by atoms with Crippen molar-refractivity contribution in [3.63, 3.8) is 0 Å². The number of hydrogen-bond acceptors (Lipinski definition) is 6. The van der Waals surface area contributed by atoms with Crippen molar-refractivity contribution in [3.05, 3.63) is 47.9 Å². The van der Waals surface area contributed by atoms with Crippen molar-refractivity contribution >= 4 is 29.1 Å². The molecule has 1 N–H and O–H groups in total. The van der Waals surface area contributed by atoms with E-state index in [2.05, 4.69) is 15.5 Å². The lowest BCUT2D eigenvalue weighted by atomic mass is 10.1. The Labute approximate surface area is 167 Å². The number of carbonyl (C=O) groups excluding carboxylic acids is 2. The molecule has 0 unspecified atom stereocenters. The van der Waals surface area contributed by atoms with E-state index in [1.165, 1.54) is 18.7 Å². The molecule has 0 fully saturated rings. The molecule has 0 aliphatic heterocycles. The van der Waals surface area contributed by atoms with E-state index in [4.69, 9.17) is 4.42 Å². The maximum absolute atomic E-state index is 12.3. The molecule has 1 amide bonds. The van der Waals surface area contributed by atoms with Crippen molar-refractivity contribution in [2.24, 2.45) is 0 Å². The number of furan rings is 1. The van der Waals surface area contributed by atoms with Gasteiger partial charge >= 0.3 is 0 Å². The Morgan fingerprint density at radius 3 is 2.68 bits per heavy atom. The monoisotopic (exact) mass is 398 g/mol. The third kappa shape index (κ3) is 4.33. The Balaban J connectivity index is 1.72. The zero-order valence-corrected chi connectivity index (χ0v) is 17.0. The second-order valence-corrected chi connectivity index (χ2v) is 7.58. The van der Waals surface area contributed by atoms with E-state index < -0.39 is 0 Å². The molecule has 8 heteroatoms. The van der Waals surface area contributed by atoms with Crippen LogP contribution in [0.4, 0.5) is 5.69 Å². The van der Waals surface area contributed by atoms with Crippen LogP contribution in [-0.4, -0.2) is 32.2 Å². The molecule has 0 saturated carbocycles. The second-order valence-electron chi connectivity index (χ2n) is 6.63. The number of ketones is 1. The highest BCUT2D eigenvalue weighted by Gasteiger charge is 2.20. The van der Waals surface area contributed by atoms with Gasteiger partial charge in [0.1, 0.15) is 5.76 Å². The summed E-state index contributed by atoms with van der Waals surface area (Å²) in [6.45, 7) is 7.46. The first-order valence-corrected chi connectivity index (χ1v) is 9.88. The topological polar surface area (TPSA) is 90.0 Å². The number of amides is 1. The van der Waals surface area contributed by atoms with Crippen LogP contribution in [0.5, 0.6) is 0 Å². The van der Waals surface area contributed by atoms with Crippen molar-refractivity contribution in [3.8, 4) is 11.4 Å². The van der Waals surface area contributed by atoms with Crippen molar-refractivity contribution in [2.45, 2.75) is 38.9 Å². The van der Waals surface area contributed by atoms with Crippen molar-refractivity contribution in [1.82, 2.24) is 14.8 Å². The molecule has 1 aromatic carbocycles. The lowest BCUT2D eigenvalue weighted by molar-refractivity contribution is -0.113. The van der Waals surface area contributed by atoms with Crippen LogP contribution >= 0.6 is 11.8 Å². The normalized spacial score (nSPS) is 11.0. The first kappa shape index (κ1) is 19.9.